The molecule has 0 aromatic heterocycles. The number of rotatable bonds is 34. The molecule has 0 aromatic rings. The number of ether oxygens (including phenoxy) is 2. The third-order valence-electron chi connectivity index (χ3n) is 7.67. The van der Waals surface area contributed by atoms with Crippen molar-refractivity contribution in [3.05, 3.63) is 24.3 Å². The highest BCUT2D eigenvalue weighted by molar-refractivity contribution is 7.47. The van der Waals surface area contributed by atoms with Gasteiger partial charge in [-0.25, -0.2) is 4.57 Å². The molecule has 0 rings (SSSR count). The van der Waals surface area contributed by atoms with Gasteiger partial charge in [0.2, 0.25) is 0 Å². The van der Waals surface area contributed by atoms with E-state index in [0.29, 0.717) is 12.8 Å². The van der Waals surface area contributed by atoms with Crippen molar-refractivity contribution in [2.75, 3.05) is 19.8 Å². The maximum absolute atomic E-state index is 12.5. The Morgan fingerprint density at radius 2 is 1.06 bits per heavy atom. The molecule has 4 N–H and O–H groups in total. The second kappa shape index (κ2) is 32.2. The third kappa shape index (κ3) is 31.2. The summed E-state index contributed by atoms with van der Waals surface area (Å²) in [6.07, 6.45) is 29.7. The van der Waals surface area contributed by atoms with Crippen molar-refractivity contribution in [2.24, 2.45) is 5.73 Å². The highest BCUT2D eigenvalue weighted by Crippen LogP contribution is 2.43. The van der Waals surface area contributed by atoms with Crippen LogP contribution in [-0.2, 0) is 37.5 Å². The molecule has 0 bridgehead atoms. The lowest BCUT2D eigenvalue weighted by atomic mass is 10.1. The first kappa shape index (κ1) is 46.0. The second-order valence-electron chi connectivity index (χ2n) is 12.3. The number of nitrogens with two attached hydrogens (primary N) is 1. The molecule has 0 heterocycles. The fourth-order valence-corrected chi connectivity index (χ4v) is 5.46. The van der Waals surface area contributed by atoms with Crippen molar-refractivity contribution in [1.29, 1.82) is 0 Å². The SMILES string of the molecule is CCCC/C=C/CCCCCCCC(=O)O[C@H](COC(=O)CCCCCCC/C=C/CCCCCC)COP(=O)(O)OC[C@H](N)C(=O)O. The molecule has 0 saturated heterocycles. The van der Waals surface area contributed by atoms with Crippen LogP contribution < -0.4 is 5.73 Å². The fraction of sp³-hybridized carbons (Fsp3) is 0.806. The van der Waals surface area contributed by atoms with E-state index in [1.807, 2.05) is 0 Å². The minimum absolute atomic E-state index is 0.150. The molecule has 0 spiro atoms. The number of esters is 2. The van der Waals surface area contributed by atoms with Crippen LogP contribution in [0.15, 0.2) is 24.3 Å². The first-order chi connectivity index (χ1) is 23.1. The number of hydrogen-bond donors (Lipinski definition) is 3. The van der Waals surface area contributed by atoms with Crippen molar-refractivity contribution in [3.63, 3.8) is 0 Å². The van der Waals surface area contributed by atoms with Crippen LogP contribution in [0, 0.1) is 0 Å². The third-order valence-corrected chi connectivity index (χ3v) is 8.62. The summed E-state index contributed by atoms with van der Waals surface area (Å²) in [4.78, 5) is 45.6. The lowest BCUT2D eigenvalue weighted by Gasteiger charge is -2.20. The lowest BCUT2D eigenvalue weighted by Crippen LogP contribution is -2.34. The Bertz CT molecular complexity index is 926. The van der Waals surface area contributed by atoms with E-state index in [2.05, 4.69) is 42.7 Å². The fourth-order valence-electron chi connectivity index (χ4n) is 4.69. The molecule has 0 radical (unpaired) electrons. The molecule has 0 aliphatic rings. The highest BCUT2D eigenvalue weighted by Gasteiger charge is 2.28. The van der Waals surface area contributed by atoms with Gasteiger partial charge in [-0.3, -0.25) is 23.4 Å². The molecular formula is C36H66NO10P. The van der Waals surface area contributed by atoms with Gasteiger partial charge in [0, 0.05) is 12.8 Å². The molecule has 11 nitrogen and oxygen atoms in total. The van der Waals surface area contributed by atoms with Gasteiger partial charge >= 0.3 is 25.7 Å². The summed E-state index contributed by atoms with van der Waals surface area (Å²) in [5.74, 6) is -2.40. The summed E-state index contributed by atoms with van der Waals surface area (Å²) in [7, 11) is -4.71. The van der Waals surface area contributed by atoms with Gasteiger partial charge < -0.3 is 25.2 Å². The maximum Gasteiger partial charge on any atom is 0.472 e. The van der Waals surface area contributed by atoms with Gasteiger partial charge in [0.1, 0.15) is 12.6 Å². The van der Waals surface area contributed by atoms with E-state index in [9.17, 15) is 23.8 Å². The summed E-state index contributed by atoms with van der Waals surface area (Å²) < 4.78 is 32.5. The van der Waals surface area contributed by atoms with Gasteiger partial charge in [-0.2, -0.15) is 0 Å². The number of unbranched alkanes of at least 4 members (excludes halogenated alkanes) is 16. The van der Waals surface area contributed by atoms with Gasteiger partial charge in [-0.1, -0.05) is 109 Å². The van der Waals surface area contributed by atoms with E-state index in [1.165, 1.54) is 38.5 Å². The number of carboxylic acid groups (broad SMARTS) is 1. The van der Waals surface area contributed by atoms with Crippen molar-refractivity contribution >= 4 is 25.7 Å². The first-order valence-corrected chi connectivity index (χ1v) is 19.9. The molecule has 0 aliphatic carbocycles. The zero-order valence-corrected chi connectivity index (χ0v) is 30.7. The zero-order chi connectivity index (χ0) is 35.7. The smallest absolute Gasteiger partial charge is 0.472 e. The van der Waals surface area contributed by atoms with Crippen molar-refractivity contribution in [1.82, 2.24) is 0 Å². The van der Waals surface area contributed by atoms with Crippen molar-refractivity contribution in [3.8, 4) is 0 Å². The Kier molecular flexibility index (Phi) is 30.8. The molecule has 3 atom stereocenters. The molecule has 48 heavy (non-hydrogen) atoms. The first-order valence-electron chi connectivity index (χ1n) is 18.4. The molecule has 0 amide bonds. The van der Waals surface area contributed by atoms with Crippen LogP contribution in [0.5, 0.6) is 0 Å². The summed E-state index contributed by atoms with van der Waals surface area (Å²) in [5, 5.41) is 8.84. The summed E-state index contributed by atoms with van der Waals surface area (Å²) in [6.45, 7) is 2.70. The minimum atomic E-state index is -4.71. The monoisotopic (exact) mass is 703 g/mol. The zero-order valence-electron chi connectivity index (χ0n) is 29.8. The standard InChI is InChI=1S/C36H66NO10P/c1-3-5-7-9-11-13-15-16-18-19-21-23-25-27-34(38)44-29-32(30-45-48(42,43)46-31-33(37)36(40)41)47-35(39)28-26-24-22-20-17-14-12-10-8-6-4-2/h10,12-13,15,32-33H,3-9,11,14,16-31,37H2,1-2H3,(H,40,41)(H,42,43)/b12-10+,15-13+/t32-,33+/m1/s1. The van der Waals surface area contributed by atoms with Gasteiger partial charge in [0.15, 0.2) is 6.10 Å². The molecule has 0 aromatic carbocycles. The van der Waals surface area contributed by atoms with Crippen LogP contribution in [0.4, 0.5) is 0 Å². The second-order valence-corrected chi connectivity index (χ2v) is 13.8. The van der Waals surface area contributed by atoms with Crippen LogP contribution in [0.1, 0.15) is 155 Å². The lowest BCUT2D eigenvalue weighted by molar-refractivity contribution is -0.161. The number of aliphatic carboxylic acids is 1. The Balaban J connectivity index is 4.48. The quantitative estimate of drug-likeness (QED) is 0.0253. The van der Waals surface area contributed by atoms with E-state index in [1.54, 1.807) is 0 Å². The molecule has 0 saturated carbocycles. The number of phosphoric ester groups is 1. The van der Waals surface area contributed by atoms with E-state index in [0.717, 1.165) is 77.0 Å². The minimum Gasteiger partial charge on any atom is -0.480 e. The average molecular weight is 704 g/mol. The van der Waals surface area contributed by atoms with Crippen LogP contribution in [0.2, 0.25) is 0 Å². The Labute approximate surface area is 290 Å². The highest BCUT2D eigenvalue weighted by atomic mass is 31.2. The largest absolute Gasteiger partial charge is 0.480 e. The maximum atomic E-state index is 12.5. The molecule has 12 heteroatoms. The van der Waals surface area contributed by atoms with Crippen molar-refractivity contribution < 1.29 is 47.5 Å². The molecular weight excluding hydrogens is 637 g/mol. The average Bonchev–Trinajstić information content (AvgIpc) is 3.05. The molecule has 0 fully saturated rings. The number of phosphoric acid groups is 1. The number of carboxylic acids is 1. The molecule has 0 aliphatic heterocycles. The Hall–Kier alpha value is -2.04. The van der Waals surface area contributed by atoms with Crippen LogP contribution in [0.3, 0.4) is 0 Å². The van der Waals surface area contributed by atoms with Gasteiger partial charge in [-0.15, -0.1) is 0 Å². The van der Waals surface area contributed by atoms with Crippen LogP contribution >= 0.6 is 7.82 Å². The topological polar surface area (TPSA) is 172 Å². The van der Waals surface area contributed by atoms with Crippen LogP contribution in [-0.4, -0.2) is 59.9 Å². The number of carbonyl (C=O) groups excluding carboxylic acids is 2. The van der Waals surface area contributed by atoms with Gasteiger partial charge in [-0.05, 0) is 57.8 Å². The van der Waals surface area contributed by atoms with E-state index < -0.39 is 51.1 Å². The van der Waals surface area contributed by atoms with Gasteiger partial charge in [0.25, 0.3) is 0 Å². The van der Waals surface area contributed by atoms with Crippen LogP contribution in [0.25, 0.3) is 0 Å². The predicted molar refractivity (Wildman–Crippen MR) is 189 cm³/mol. The van der Waals surface area contributed by atoms with Crippen molar-refractivity contribution in [2.45, 2.75) is 167 Å². The summed E-state index contributed by atoms with van der Waals surface area (Å²) in [6, 6.07) is -1.52. The number of hydrogen-bond acceptors (Lipinski definition) is 9. The number of carbonyl (C=O) groups is 3. The normalized spacial score (nSPS) is 14.2. The molecule has 1 unspecified atom stereocenters. The summed E-state index contributed by atoms with van der Waals surface area (Å²) in [5.41, 5.74) is 5.30. The van der Waals surface area contributed by atoms with E-state index >= 15 is 0 Å². The number of allylic oxidation sites excluding steroid dienone is 4. The van der Waals surface area contributed by atoms with E-state index in [-0.39, 0.29) is 19.4 Å². The predicted octanol–water partition coefficient (Wildman–Crippen LogP) is 8.72. The summed E-state index contributed by atoms with van der Waals surface area (Å²) >= 11 is 0. The molecule has 280 valence electrons. The van der Waals surface area contributed by atoms with E-state index in [4.69, 9.17) is 24.8 Å². The van der Waals surface area contributed by atoms with Gasteiger partial charge in [0.05, 0.1) is 13.2 Å². The Morgan fingerprint density at radius 3 is 1.58 bits per heavy atom. The Morgan fingerprint density at radius 1 is 0.625 bits per heavy atom.